The number of allylic oxidation sites excluding steroid dienone is 1. The van der Waals surface area contributed by atoms with Gasteiger partial charge in [0.15, 0.2) is 6.23 Å². The zero-order chi connectivity index (χ0) is 31.5. The highest BCUT2D eigenvalue weighted by atomic mass is 32.2. The van der Waals surface area contributed by atoms with Crippen LogP contribution in [0.1, 0.15) is 79.5 Å². The molecule has 0 bridgehead atoms. The first-order valence-corrected chi connectivity index (χ1v) is 17.3. The Bertz CT molecular complexity index is 1800. The van der Waals surface area contributed by atoms with E-state index in [0.717, 1.165) is 82.3 Å². The lowest BCUT2D eigenvalue weighted by Crippen LogP contribution is -2.19. The number of ether oxygens (including phenoxy) is 2. The van der Waals surface area contributed by atoms with Gasteiger partial charge in [-0.15, -0.1) is 5.10 Å². The molecule has 234 valence electrons. The number of carbonyl (C=O) groups excluding carboxylic acids is 1. The molecule has 45 heavy (non-hydrogen) atoms. The highest BCUT2D eigenvalue weighted by molar-refractivity contribution is 7.84. The van der Waals surface area contributed by atoms with Crippen LogP contribution in [0.5, 0.6) is 0 Å². The summed E-state index contributed by atoms with van der Waals surface area (Å²) in [5, 5.41) is 4.75. The van der Waals surface area contributed by atoms with E-state index in [1.807, 2.05) is 36.4 Å². The Labute approximate surface area is 266 Å². The minimum Gasteiger partial charge on any atom is -0.463 e. The number of nitrogens with zero attached hydrogens (tertiary/aromatic N) is 2. The van der Waals surface area contributed by atoms with E-state index in [1.54, 1.807) is 23.9 Å². The van der Waals surface area contributed by atoms with Gasteiger partial charge < -0.3 is 9.47 Å². The minimum absolute atomic E-state index is 0.266. The van der Waals surface area contributed by atoms with Crippen LogP contribution in [0.15, 0.2) is 71.6 Å². The monoisotopic (exact) mass is 626 g/mol. The van der Waals surface area contributed by atoms with E-state index in [2.05, 4.69) is 36.3 Å². The fourth-order valence-electron chi connectivity index (χ4n) is 6.36. The van der Waals surface area contributed by atoms with Crippen LogP contribution in [0, 0.1) is 18.8 Å². The standard InChI is InChI=1S/C37H39FN2O4S/c1-4-43-34(41)20-13-25-11-14-27(15-12-25)35(36(26-8-7-9-26)30-18-17-29(45(3)42)22-24(30)2)28-16-19-32-31(23-28)37(38)39-40(32)33-10-5-6-21-44-33/h11-20,22-23,26,33H,4-10,21H2,1-3H3/b20-13+,36-35+. The Morgan fingerprint density at radius 1 is 1.04 bits per heavy atom. The molecule has 1 aliphatic carbocycles. The van der Waals surface area contributed by atoms with Gasteiger partial charge in [-0.1, -0.05) is 42.8 Å². The molecular formula is C37H39FN2O4S. The largest absolute Gasteiger partial charge is 0.463 e. The summed E-state index contributed by atoms with van der Waals surface area (Å²) in [5.41, 5.74) is 7.92. The average Bonchev–Trinajstić information content (AvgIpc) is 3.35. The Balaban J connectivity index is 1.52. The maximum atomic E-state index is 15.5. The predicted molar refractivity (Wildman–Crippen MR) is 177 cm³/mol. The number of esters is 1. The first-order chi connectivity index (χ1) is 21.8. The molecule has 2 unspecified atom stereocenters. The number of benzene rings is 3. The van der Waals surface area contributed by atoms with Gasteiger partial charge in [-0.3, -0.25) is 4.21 Å². The van der Waals surface area contributed by atoms with E-state index >= 15 is 4.39 Å². The van der Waals surface area contributed by atoms with Gasteiger partial charge >= 0.3 is 5.97 Å². The minimum atomic E-state index is -1.09. The topological polar surface area (TPSA) is 70.4 Å². The molecule has 1 saturated heterocycles. The summed E-state index contributed by atoms with van der Waals surface area (Å²) in [4.78, 5) is 12.7. The maximum Gasteiger partial charge on any atom is 0.330 e. The van der Waals surface area contributed by atoms with Crippen molar-refractivity contribution >= 4 is 44.9 Å². The maximum absolute atomic E-state index is 15.5. The van der Waals surface area contributed by atoms with Gasteiger partial charge in [-0.2, -0.15) is 4.39 Å². The SMILES string of the molecule is CCOC(=O)/C=C/c1ccc(/C(=C(\c2ccc(S(C)=O)cc2C)C2CCC2)c2ccc3c(c2)c(F)nn3C2CCCCO2)cc1. The van der Waals surface area contributed by atoms with E-state index in [1.165, 1.54) is 11.6 Å². The number of hydrogen-bond acceptors (Lipinski definition) is 5. The van der Waals surface area contributed by atoms with Crippen molar-refractivity contribution in [3.05, 3.63) is 101 Å². The van der Waals surface area contributed by atoms with Gasteiger partial charge in [-0.05, 0) is 121 Å². The lowest BCUT2D eigenvalue weighted by Gasteiger charge is -2.32. The van der Waals surface area contributed by atoms with Crippen LogP contribution >= 0.6 is 0 Å². The van der Waals surface area contributed by atoms with Crippen LogP contribution in [0.3, 0.4) is 0 Å². The molecule has 6 rings (SSSR count). The highest BCUT2D eigenvalue weighted by Crippen LogP contribution is 2.46. The number of aryl methyl sites for hydroxylation is 1. The van der Waals surface area contributed by atoms with Crippen LogP contribution < -0.4 is 0 Å². The summed E-state index contributed by atoms with van der Waals surface area (Å²) in [6.07, 6.45) is 10.7. The van der Waals surface area contributed by atoms with Crippen molar-refractivity contribution in [1.29, 1.82) is 0 Å². The molecule has 6 nitrogen and oxygen atoms in total. The summed E-state index contributed by atoms with van der Waals surface area (Å²) < 4.78 is 40.5. The average molecular weight is 627 g/mol. The molecule has 1 saturated carbocycles. The summed E-state index contributed by atoms with van der Waals surface area (Å²) in [6.45, 7) is 4.83. The van der Waals surface area contributed by atoms with E-state index in [9.17, 15) is 9.00 Å². The van der Waals surface area contributed by atoms with Crippen molar-refractivity contribution in [3.8, 4) is 0 Å². The number of aromatic nitrogens is 2. The molecule has 0 amide bonds. The summed E-state index contributed by atoms with van der Waals surface area (Å²) >= 11 is 0. The number of hydrogen-bond donors (Lipinski definition) is 0. The predicted octanol–water partition coefficient (Wildman–Crippen LogP) is 8.26. The van der Waals surface area contributed by atoms with Crippen molar-refractivity contribution in [3.63, 3.8) is 0 Å². The molecule has 1 aliphatic heterocycles. The third-order valence-electron chi connectivity index (χ3n) is 8.88. The van der Waals surface area contributed by atoms with Crippen LogP contribution in [0.2, 0.25) is 0 Å². The van der Waals surface area contributed by atoms with Crippen LogP contribution in [0.25, 0.3) is 28.1 Å². The smallest absolute Gasteiger partial charge is 0.330 e. The van der Waals surface area contributed by atoms with E-state index in [4.69, 9.17) is 9.47 Å². The third kappa shape index (κ3) is 6.58. The lowest BCUT2D eigenvalue weighted by molar-refractivity contribution is -0.137. The van der Waals surface area contributed by atoms with Gasteiger partial charge in [0, 0.05) is 34.6 Å². The molecular weight excluding hydrogens is 587 g/mol. The van der Waals surface area contributed by atoms with Crippen LogP contribution in [-0.2, 0) is 25.1 Å². The van der Waals surface area contributed by atoms with Gasteiger partial charge in [0.05, 0.1) is 17.5 Å². The Morgan fingerprint density at radius 3 is 2.47 bits per heavy atom. The third-order valence-corrected chi connectivity index (χ3v) is 9.80. The van der Waals surface area contributed by atoms with Crippen molar-refractivity contribution in [2.75, 3.05) is 19.5 Å². The normalized spacial score (nSPS) is 18.5. The molecule has 4 aromatic rings. The van der Waals surface area contributed by atoms with Crippen LogP contribution in [-0.4, -0.2) is 39.4 Å². The quantitative estimate of drug-likeness (QED) is 0.106. The Hall–Kier alpha value is -3.88. The molecule has 1 aromatic heterocycles. The first kappa shape index (κ1) is 31.1. The lowest BCUT2D eigenvalue weighted by atomic mass is 9.72. The first-order valence-electron chi connectivity index (χ1n) is 15.8. The highest BCUT2D eigenvalue weighted by Gasteiger charge is 2.29. The molecule has 2 fully saturated rings. The Kier molecular flexibility index (Phi) is 9.42. The van der Waals surface area contributed by atoms with Gasteiger partial charge in [0.25, 0.3) is 0 Å². The molecule has 0 radical (unpaired) electrons. The molecule has 3 aromatic carbocycles. The van der Waals surface area contributed by atoms with Crippen molar-refractivity contribution < 1.29 is 22.9 Å². The second-order valence-electron chi connectivity index (χ2n) is 11.8. The Morgan fingerprint density at radius 2 is 1.82 bits per heavy atom. The molecule has 2 atom stereocenters. The summed E-state index contributed by atoms with van der Waals surface area (Å²) in [6, 6.07) is 20.1. The number of rotatable bonds is 9. The van der Waals surface area contributed by atoms with Crippen molar-refractivity contribution in [1.82, 2.24) is 9.78 Å². The van der Waals surface area contributed by atoms with E-state index in [-0.39, 0.29) is 12.2 Å². The zero-order valence-electron chi connectivity index (χ0n) is 26.1. The second-order valence-corrected chi connectivity index (χ2v) is 13.2. The van der Waals surface area contributed by atoms with Gasteiger partial charge in [0.1, 0.15) is 0 Å². The number of carbonyl (C=O) groups is 1. The van der Waals surface area contributed by atoms with Gasteiger partial charge in [0.2, 0.25) is 5.95 Å². The van der Waals surface area contributed by atoms with Crippen molar-refractivity contribution in [2.24, 2.45) is 5.92 Å². The number of halogens is 1. The van der Waals surface area contributed by atoms with E-state index < -0.39 is 16.7 Å². The van der Waals surface area contributed by atoms with Crippen molar-refractivity contribution in [2.45, 2.75) is 63.5 Å². The molecule has 0 N–H and O–H groups in total. The fraction of sp³-hybridized carbons (Fsp3) is 0.351. The molecule has 2 heterocycles. The van der Waals surface area contributed by atoms with Gasteiger partial charge in [-0.25, -0.2) is 9.48 Å². The summed E-state index contributed by atoms with van der Waals surface area (Å²) in [5.74, 6) is -0.550. The van der Waals surface area contributed by atoms with E-state index in [0.29, 0.717) is 24.5 Å². The molecule has 2 aliphatic rings. The molecule has 0 spiro atoms. The zero-order valence-corrected chi connectivity index (χ0v) is 26.9. The van der Waals surface area contributed by atoms with Crippen LogP contribution in [0.4, 0.5) is 4.39 Å². The fourth-order valence-corrected chi connectivity index (χ4v) is 6.96. The summed E-state index contributed by atoms with van der Waals surface area (Å²) in [7, 11) is -1.09. The number of fused-ring (bicyclic) bond motifs is 1. The second kappa shape index (κ2) is 13.6. The molecule has 8 heteroatoms.